The first-order chi connectivity index (χ1) is 14.4. The summed E-state index contributed by atoms with van der Waals surface area (Å²) in [6.45, 7) is 0. The van der Waals surface area contributed by atoms with Crippen molar-refractivity contribution in [3.63, 3.8) is 0 Å². The van der Waals surface area contributed by atoms with E-state index in [1.54, 1.807) is 12.1 Å². The Bertz CT molecular complexity index is 1300. The number of halogens is 2. The van der Waals surface area contributed by atoms with E-state index in [9.17, 15) is 14.4 Å². The number of amides is 1. The van der Waals surface area contributed by atoms with E-state index < -0.39 is 16.7 Å². The number of H-pyrrole nitrogens is 2. The van der Waals surface area contributed by atoms with Crippen LogP contribution in [-0.4, -0.2) is 21.1 Å². The van der Waals surface area contributed by atoms with Crippen molar-refractivity contribution in [2.45, 2.75) is 24.7 Å². The van der Waals surface area contributed by atoms with Crippen LogP contribution in [0.1, 0.15) is 24.8 Å². The molecule has 30 heavy (non-hydrogen) atoms. The van der Waals surface area contributed by atoms with Crippen molar-refractivity contribution in [2.75, 3.05) is 5.32 Å². The zero-order valence-corrected chi connectivity index (χ0v) is 16.9. The Labute approximate surface area is 179 Å². The summed E-state index contributed by atoms with van der Waals surface area (Å²) in [4.78, 5) is 37.6. The maximum atomic E-state index is 12.4. The van der Waals surface area contributed by atoms with E-state index in [0.717, 1.165) is 30.5 Å². The van der Waals surface area contributed by atoms with Gasteiger partial charge in [-0.15, -0.1) is 0 Å². The summed E-state index contributed by atoms with van der Waals surface area (Å²) in [7, 11) is 0. The van der Waals surface area contributed by atoms with Gasteiger partial charge in [0.05, 0.1) is 15.5 Å². The van der Waals surface area contributed by atoms with Gasteiger partial charge in [0.25, 0.3) is 5.56 Å². The van der Waals surface area contributed by atoms with Gasteiger partial charge < -0.3 is 10.1 Å². The second-order valence-electron chi connectivity index (χ2n) is 7.32. The van der Waals surface area contributed by atoms with Gasteiger partial charge in [-0.2, -0.15) is 5.10 Å². The van der Waals surface area contributed by atoms with Crippen LogP contribution in [0.5, 0.6) is 11.5 Å². The minimum Gasteiger partial charge on any atom is -0.454 e. The molecule has 1 fully saturated rings. The van der Waals surface area contributed by atoms with Crippen molar-refractivity contribution in [3.05, 3.63) is 66.8 Å². The van der Waals surface area contributed by atoms with Crippen molar-refractivity contribution in [3.8, 4) is 22.8 Å². The van der Waals surface area contributed by atoms with Crippen LogP contribution in [0.15, 0.2) is 39.9 Å². The Morgan fingerprint density at radius 2 is 1.77 bits per heavy atom. The van der Waals surface area contributed by atoms with E-state index >= 15 is 0 Å². The quantitative estimate of drug-likeness (QED) is 0.570. The fraction of sp³-hybridized carbons (Fsp3) is 0.200. The van der Waals surface area contributed by atoms with Crippen LogP contribution >= 0.6 is 23.2 Å². The third kappa shape index (κ3) is 2.83. The number of ether oxygens (including phenoxy) is 1. The number of hydrogen-bond donors (Lipinski definition) is 3. The molecule has 1 aliphatic heterocycles. The Balaban J connectivity index is 1.50. The molecule has 0 atom stereocenters. The summed E-state index contributed by atoms with van der Waals surface area (Å²) in [5, 5.41) is 9.17. The van der Waals surface area contributed by atoms with Crippen LogP contribution in [0.4, 0.5) is 5.69 Å². The summed E-state index contributed by atoms with van der Waals surface area (Å²) in [6.07, 6.45) is 2.63. The number of nitrogens with one attached hydrogen (secondary N) is 3. The molecule has 2 aromatic carbocycles. The molecule has 0 unspecified atom stereocenters. The molecule has 1 saturated carbocycles. The highest BCUT2D eigenvalue weighted by atomic mass is 35.5. The van der Waals surface area contributed by atoms with Crippen molar-refractivity contribution in [1.82, 2.24) is 15.2 Å². The second kappa shape index (κ2) is 6.72. The van der Waals surface area contributed by atoms with Crippen molar-refractivity contribution >= 4 is 34.8 Å². The van der Waals surface area contributed by atoms with Gasteiger partial charge in [-0.1, -0.05) is 29.6 Å². The fourth-order valence-corrected chi connectivity index (χ4v) is 4.50. The zero-order chi connectivity index (χ0) is 21.0. The largest absolute Gasteiger partial charge is 0.454 e. The molecule has 0 radical (unpaired) electrons. The van der Waals surface area contributed by atoms with Crippen molar-refractivity contribution in [2.24, 2.45) is 0 Å². The van der Waals surface area contributed by atoms with Gasteiger partial charge in [0.2, 0.25) is 5.91 Å². The molecular formula is C20H14Cl2N4O4. The average Bonchev–Trinajstić information content (AvgIpc) is 2.95. The number of aromatic nitrogens is 3. The van der Waals surface area contributed by atoms with Crippen LogP contribution in [0.25, 0.3) is 11.3 Å². The Morgan fingerprint density at radius 1 is 1.03 bits per heavy atom. The molecule has 0 saturated heterocycles. The summed E-state index contributed by atoms with van der Waals surface area (Å²) in [5.74, 6) is 0.732. The molecule has 1 spiro atoms. The molecular weight excluding hydrogens is 431 g/mol. The van der Waals surface area contributed by atoms with Crippen molar-refractivity contribution < 1.29 is 9.53 Å². The lowest BCUT2D eigenvalue weighted by atomic mass is 9.65. The number of hydrogen-bond acceptors (Lipinski definition) is 5. The van der Waals surface area contributed by atoms with E-state index in [0.29, 0.717) is 11.3 Å². The molecule has 5 rings (SSSR count). The molecule has 2 heterocycles. The Kier molecular flexibility index (Phi) is 4.23. The standard InChI is InChI=1S/C20H14Cl2N4O4/c21-12-6-9(15-17(27)24-19(29)26-25-15)7-13(22)16(12)30-10-2-3-14-11(8-10)20(4-1-5-20)18(28)23-14/h2-3,6-8H,1,4-5H2,(H,23,28)(H2,24,26,27,29). The number of nitrogens with zero attached hydrogens (tertiary/aromatic N) is 1. The molecule has 8 nitrogen and oxygen atoms in total. The molecule has 3 aromatic rings. The van der Waals surface area contributed by atoms with Gasteiger partial charge >= 0.3 is 5.69 Å². The lowest BCUT2D eigenvalue weighted by Gasteiger charge is -2.36. The molecule has 1 aliphatic carbocycles. The Morgan fingerprint density at radius 3 is 2.40 bits per heavy atom. The predicted octanol–water partition coefficient (Wildman–Crippen LogP) is 3.60. The third-order valence-corrected chi connectivity index (χ3v) is 6.16. The van der Waals surface area contributed by atoms with Crippen LogP contribution in [0, 0.1) is 0 Å². The van der Waals surface area contributed by atoms with Gasteiger partial charge in [0.1, 0.15) is 5.75 Å². The van der Waals surface area contributed by atoms with Crippen molar-refractivity contribution in [1.29, 1.82) is 0 Å². The maximum absolute atomic E-state index is 12.4. The third-order valence-electron chi connectivity index (χ3n) is 5.60. The summed E-state index contributed by atoms with van der Waals surface area (Å²) < 4.78 is 5.94. The number of benzene rings is 2. The molecule has 152 valence electrons. The molecule has 3 N–H and O–H groups in total. The number of carbonyl (C=O) groups is 1. The first-order valence-electron chi connectivity index (χ1n) is 9.20. The number of anilines is 1. The maximum Gasteiger partial charge on any atom is 0.342 e. The smallest absolute Gasteiger partial charge is 0.342 e. The van der Waals surface area contributed by atoms with E-state index in [-0.39, 0.29) is 27.4 Å². The fourth-order valence-electron chi connectivity index (χ4n) is 3.94. The monoisotopic (exact) mass is 444 g/mol. The first-order valence-corrected chi connectivity index (χ1v) is 9.95. The molecule has 0 bridgehead atoms. The summed E-state index contributed by atoms with van der Waals surface area (Å²) >= 11 is 12.7. The summed E-state index contributed by atoms with van der Waals surface area (Å²) in [5.41, 5.74) is 0.164. The number of rotatable bonds is 3. The van der Waals surface area contributed by atoms with E-state index in [2.05, 4.69) is 20.5 Å². The van der Waals surface area contributed by atoms with Crippen LogP contribution < -0.4 is 21.3 Å². The van der Waals surface area contributed by atoms with Gasteiger partial charge in [0, 0.05) is 11.3 Å². The highest BCUT2D eigenvalue weighted by molar-refractivity contribution is 6.37. The van der Waals surface area contributed by atoms with Gasteiger partial charge in [0.15, 0.2) is 11.4 Å². The number of carbonyl (C=O) groups excluding carboxylic acids is 1. The second-order valence-corrected chi connectivity index (χ2v) is 8.14. The minimum absolute atomic E-state index is 0.0277. The van der Waals surface area contributed by atoms with E-state index in [1.165, 1.54) is 12.1 Å². The molecule has 2 aliphatic rings. The lowest BCUT2D eigenvalue weighted by molar-refractivity contribution is -0.123. The molecule has 1 aromatic heterocycles. The van der Waals surface area contributed by atoms with Crippen LogP contribution in [-0.2, 0) is 10.2 Å². The topological polar surface area (TPSA) is 117 Å². The highest BCUT2D eigenvalue weighted by Crippen LogP contribution is 2.52. The minimum atomic E-state index is -0.713. The summed E-state index contributed by atoms with van der Waals surface area (Å²) in [6, 6.07) is 8.32. The first kappa shape index (κ1) is 18.9. The lowest BCUT2D eigenvalue weighted by Crippen LogP contribution is -2.40. The highest BCUT2D eigenvalue weighted by Gasteiger charge is 2.51. The predicted molar refractivity (Wildman–Crippen MR) is 112 cm³/mol. The van der Waals surface area contributed by atoms with E-state index in [1.807, 2.05) is 6.07 Å². The number of aromatic amines is 2. The zero-order valence-electron chi connectivity index (χ0n) is 15.3. The normalized spacial score (nSPS) is 16.1. The van der Waals surface area contributed by atoms with Crippen LogP contribution in [0.2, 0.25) is 10.0 Å². The molecule has 10 heteroatoms. The van der Waals surface area contributed by atoms with Crippen LogP contribution in [0.3, 0.4) is 0 Å². The average molecular weight is 445 g/mol. The van der Waals surface area contributed by atoms with Gasteiger partial charge in [-0.25, -0.2) is 9.89 Å². The SMILES string of the molecule is O=C1Nc2ccc(Oc3c(Cl)cc(-c4n[nH]c(=O)[nH]c4=O)cc3Cl)cc2C12CCC2. The number of fused-ring (bicyclic) bond motifs is 2. The molecule has 1 amide bonds. The van der Waals surface area contributed by atoms with Gasteiger partial charge in [-0.05, 0) is 48.7 Å². The Hall–Kier alpha value is -3.10. The van der Waals surface area contributed by atoms with Gasteiger partial charge in [-0.3, -0.25) is 14.6 Å². The van der Waals surface area contributed by atoms with E-state index in [4.69, 9.17) is 27.9 Å².